The van der Waals surface area contributed by atoms with Gasteiger partial charge in [0.25, 0.3) is 5.91 Å². The van der Waals surface area contributed by atoms with Crippen LogP contribution in [-0.4, -0.2) is 59.5 Å². The largest absolute Gasteiger partial charge is 0.480 e. The van der Waals surface area contributed by atoms with E-state index in [9.17, 15) is 18.0 Å². The van der Waals surface area contributed by atoms with Crippen LogP contribution in [0.15, 0.2) is 60.7 Å². The highest BCUT2D eigenvalue weighted by atomic mass is 19.4. The highest BCUT2D eigenvalue weighted by molar-refractivity contribution is 6.01. The number of hydrogen-bond donors (Lipinski definition) is 3. The number of aromatic nitrogens is 2. The van der Waals surface area contributed by atoms with Crippen LogP contribution >= 0.6 is 0 Å². The van der Waals surface area contributed by atoms with Gasteiger partial charge in [0.2, 0.25) is 0 Å². The van der Waals surface area contributed by atoms with E-state index in [0.717, 1.165) is 39.6 Å². The Bertz CT molecular complexity index is 1570. The van der Waals surface area contributed by atoms with Crippen molar-refractivity contribution in [3.05, 3.63) is 71.8 Å². The lowest BCUT2D eigenvalue weighted by Gasteiger charge is -2.25. The van der Waals surface area contributed by atoms with Gasteiger partial charge in [-0.3, -0.25) is 14.8 Å². The van der Waals surface area contributed by atoms with Crippen molar-refractivity contribution in [3.8, 4) is 16.9 Å². The zero-order valence-corrected chi connectivity index (χ0v) is 22.5. The number of fused-ring (bicyclic) bond motifs is 2. The predicted molar refractivity (Wildman–Crippen MR) is 152 cm³/mol. The summed E-state index contributed by atoms with van der Waals surface area (Å²) in [6.45, 7) is 5.36. The third kappa shape index (κ3) is 5.29. The molecular formula is C30H31F3N6O2. The van der Waals surface area contributed by atoms with Gasteiger partial charge in [-0.2, -0.15) is 18.3 Å². The fourth-order valence-electron chi connectivity index (χ4n) is 6.10. The predicted octanol–water partition coefficient (Wildman–Crippen LogP) is 4.81. The SMILES string of the molecule is CC(Oc1cc(-c2ccc(C(N)=O)c(N3C[C@H]4CN(Cc5ccccc5)C[C@H]4C3)c2)cc2[nH]nc(N)c12)C(F)(F)F. The number of carbonyl (C=O) groups is 1. The number of hydrogen-bond acceptors (Lipinski definition) is 6. The number of nitrogens with one attached hydrogen (secondary N) is 1. The van der Waals surface area contributed by atoms with Gasteiger partial charge >= 0.3 is 6.18 Å². The monoisotopic (exact) mass is 564 g/mol. The second-order valence-corrected chi connectivity index (χ2v) is 11.0. The number of anilines is 2. The van der Waals surface area contributed by atoms with Crippen molar-refractivity contribution in [2.45, 2.75) is 25.7 Å². The Morgan fingerprint density at radius 3 is 2.41 bits per heavy atom. The molecule has 4 aromatic rings. The number of H-pyrrole nitrogens is 1. The van der Waals surface area contributed by atoms with Crippen LogP contribution in [0, 0.1) is 11.8 Å². The van der Waals surface area contributed by atoms with Gasteiger partial charge in [-0.15, -0.1) is 0 Å². The highest BCUT2D eigenvalue weighted by Crippen LogP contribution is 2.40. The van der Waals surface area contributed by atoms with Crippen LogP contribution in [0.1, 0.15) is 22.8 Å². The van der Waals surface area contributed by atoms with Gasteiger partial charge in [0.1, 0.15) is 5.75 Å². The molecule has 0 bridgehead atoms. The number of rotatable bonds is 7. The Morgan fingerprint density at radius 2 is 1.76 bits per heavy atom. The molecule has 8 nitrogen and oxygen atoms in total. The summed E-state index contributed by atoms with van der Waals surface area (Å²) in [6.07, 6.45) is -6.60. The molecule has 5 N–H and O–H groups in total. The van der Waals surface area contributed by atoms with Crippen molar-refractivity contribution in [1.82, 2.24) is 15.1 Å². The molecule has 6 rings (SSSR count). The van der Waals surface area contributed by atoms with Crippen molar-refractivity contribution in [2.75, 3.05) is 36.8 Å². The molecule has 0 radical (unpaired) electrons. The summed E-state index contributed by atoms with van der Waals surface area (Å²) in [5.74, 6) is 0.399. The van der Waals surface area contributed by atoms with E-state index < -0.39 is 18.2 Å². The molecule has 0 aliphatic carbocycles. The highest BCUT2D eigenvalue weighted by Gasteiger charge is 2.41. The fourth-order valence-corrected chi connectivity index (χ4v) is 6.10. The second kappa shape index (κ2) is 10.3. The van der Waals surface area contributed by atoms with E-state index in [-0.39, 0.29) is 17.0 Å². The summed E-state index contributed by atoms with van der Waals surface area (Å²) in [4.78, 5) is 17.1. The van der Waals surface area contributed by atoms with Crippen molar-refractivity contribution >= 4 is 28.3 Å². The van der Waals surface area contributed by atoms with Gasteiger partial charge in [-0.05, 0) is 59.7 Å². The molecule has 2 aliphatic rings. The molecule has 11 heteroatoms. The van der Waals surface area contributed by atoms with E-state index >= 15 is 0 Å². The molecule has 0 saturated carbocycles. The smallest absolute Gasteiger partial charge is 0.425 e. The zero-order chi connectivity index (χ0) is 28.9. The van der Waals surface area contributed by atoms with E-state index in [4.69, 9.17) is 16.2 Å². The Morgan fingerprint density at radius 1 is 1.05 bits per heavy atom. The summed E-state index contributed by atoms with van der Waals surface area (Å²) in [6, 6.07) is 19.0. The zero-order valence-electron chi connectivity index (χ0n) is 22.5. The molecular weight excluding hydrogens is 533 g/mol. The molecule has 1 unspecified atom stereocenters. The number of amides is 1. The number of primary amides is 1. The van der Waals surface area contributed by atoms with Gasteiger partial charge < -0.3 is 21.1 Å². The first-order valence-corrected chi connectivity index (χ1v) is 13.5. The molecule has 3 atom stereocenters. The summed E-state index contributed by atoms with van der Waals surface area (Å²) in [7, 11) is 0. The minimum absolute atomic E-state index is 0.0247. The van der Waals surface area contributed by atoms with Gasteiger partial charge in [-0.25, -0.2) is 0 Å². The Balaban J connectivity index is 1.29. The molecule has 1 aromatic heterocycles. The van der Waals surface area contributed by atoms with Gasteiger partial charge in [0.15, 0.2) is 11.9 Å². The molecule has 2 aliphatic heterocycles. The maximum absolute atomic E-state index is 13.3. The maximum atomic E-state index is 13.3. The number of nitrogen functional groups attached to an aromatic ring is 1. The first kappa shape index (κ1) is 26.9. The Labute approximate surface area is 235 Å². The lowest BCUT2D eigenvalue weighted by molar-refractivity contribution is -0.188. The Hall–Kier alpha value is -4.25. The molecule has 214 valence electrons. The topological polar surface area (TPSA) is 114 Å². The average molecular weight is 565 g/mol. The third-order valence-corrected chi connectivity index (χ3v) is 8.17. The number of aromatic amines is 1. The van der Waals surface area contributed by atoms with Crippen LogP contribution in [-0.2, 0) is 6.54 Å². The minimum atomic E-state index is -4.55. The summed E-state index contributed by atoms with van der Waals surface area (Å²) >= 11 is 0. The quantitative estimate of drug-likeness (QED) is 0.297. The molecule has 3 aromatic carbocycles. The number of ether oxygens (including phenoxy) is 1. The molecule has 1 amide bonds. The van der Waals surface area contributed by atoms with Crippen LogP contribution in [0.4, 0.5) is 24.7 Å². The second-order valence-electron chi connectivity index (χ2n) is 11.0. The lowest BCUT2D eigenvalue weighted by Crippen LogP contribution is -2.31. The first-order chi connectivity index (χ1) is 19.6. The third-order valence-electron chi connectivity index (χ3n) is 8.17. The van der Waals surface area contributed by atoms with E-state index in [1.807, 2.05) is 12.1 Å². The summed E-state index contributed by atoms with van der Waals surface area (Å²) in [5, 5.41) is 7.02. The van der Waals surface area contributed by atoms with Crippen LogP contribution in [0.25, 0.3) is 22.0 Å². The number of likely N-dealkylation sites (tertiary alicyclic amines) is 1. The number of nitrogens with two attached hydrogens (primary N) is 2. The van der Waals surface area contributed by atoms with Gasteiger partial charge in [-0.1, -0.05) is 36.4 Å². The van der Waals surface area contributed by atoms with Crippen LogP contribution in [0.5, 0.6) is 5.75 Å². The number of carbonyl (C=O) groups excluding carboxylic acids is 1. The van der Waals surface area contributed by atoms with Crippen molar-refractivity contribution in [2.24, 2.45) is 17.6 Å². The molecule has 0 spiro atoms. The lowest BCUT2D eigenvalue weighted by atomic mass is 9.99. The number of halogens is 3. The molecule has 41 heavy (non-hydrogen) atoms. The van der Waals surface area contributed by atoms with Crippen LogP contribution in [0.3, 0.4) is 0 Å². The molecule has 2 saturated heterocycles. The standard InChI is InChI=1S/C30H31F3N6O2/c1-17(30(31,32)33)41-26-11-20(9-24-27(26)28(34)37-36-24)19-7-8-23(29(35)40)25(10-19)39-15-21-13-38(14-22(21)16-39)12-18-5-3-2-4-6-18/h2-11,17,21-22H,12-16H2,1H3,(H2,35,40)(H3,34,36,37)/t17?,21-,22+. The number of alkyl halides is 3. The molecule has 2 fully saturated rings. The van der Waals surface area contributed by atoms with Gasteiger partial charge in [0, 0.05) is 32.7 Å². The number of benzene rings is 3. The summed E-state index contributed by atoms with van der Waals surface area (Å²) < 4.78 is 45.3. The van der Waals surface area contributed by atoms with Crippen LogP contribution in [0.2, 0.25) is 0 Å². The van der Waals surface area contributed by atoms with Crippen LogP contribution < -0.4 is 21.1 Å². The Kier molecular flexibility index (Phi) is 6.77. The number of nitrogens with zero attached hydrogens (tertiary/aromatic N) is 3. The van der Waals surface area contributed by atoms with Gasteiger partial charge in [0.05, 0.1) is 22.2 Å². The van der Waals surface area contributed by atoms with Crippen molar-refractivity contribution in [3.63, 3.8) is 0 Å². The fraction of sp³-hybridized carbons (Fsp3) is 0.333. The maximum Gasteiger partial charge on any atom is 0.425 e. The summed E-state index contributed by atoms with van der Waals surface area (Å²) in [5.41, 5.74) is 15.9. The molecule has 3 heterocycles. The van der Waals surface area contributed by atoms with E-state index in [1.54, 1.807) is 18.2 Å². The minimum Gasteiger partial charge on any atom is -0.480 e. The normalized spacial score (nSPS) is 20.0. The van der Waals surface area contributed by atoms with Crippen molar-refractivity contribution < 1.29 is 22.7 Å². The van der Waals surface area contributed by atoms with E-state index in [2.05, 4.69) is 44.3 Å². The average Bonchev–Trinajstić information content (AvgIpc) is 3.61. The van der Waals surface area contributed by atoms with E-state index in [0.29, 0.717) is 39.7 Å². The van der Waals surface area contributed by atoms with E-state index in [1.165, 1.54) is 11.6 Å². The first-order valence-electron chi connectivity index (χ1n) is 13.5. The van der Waals surface area contributed by atoms with Crippen molar-refractivity contribution in [1.29, 1.82) is 0 Å².